The molecule has 0 saturated heterocycles. The minimum Gasteiger partial charge on any atom is -0.506 e. The van der Waals surface area contributed by atoms with Gasteiger partial charge in [0, 0.05) is 17.5 Å². The van der Waals surface area contributed by atoms with Gasteiger partial charge in [-0.1, -0.05) is 63.6 Å². The van der Waals surface area contributed by atoms with Gasteiger partial charge in [-0.15, -0.1) is 0 Å². The van der Waals surface area contributed by atoms with E-state index in [1.807, 2.05) is 56.3 Å². The van der Waals surface area contributed by atoms with Crippen LogP contribution in [-0.2, 0) is 16.0 Å². The molecule has 0 spiro atoms. The van der Waals surface area contributed by atoms with E-state index in [1.54, 1.807) is 0 Å². The van der Waals surface area contributed by atoms with Gasteiger partial charge in [0.25, 0.3) is 5.56 Å². The van der Waals surface area contributed by atoms with E-state index in [-0.39, 0.29) is 25.0 Å². The van der Waals surface area contributed by atoms with Gasteiger partial charge in [-0.25, -0.2) is 9.78 Å². The Kier molecular flexibility index (Phi) is 8.97. The second-order valence-electron chi connectivity index (χ2n) is 11.0. The molecule has 3 aromatic rings. The largest absolute Gasteiger partial charge is 0.506 e. The number of nitrogens with zero attached hydrogens (tertiary/aromatic N) is 2. The van der Waals surface area contributed by atoms with Crippen LogP contribution in [0.25, 0.3) is 17.0 Å². The molecule has 1 N–H and O–H groups in total. The molecule has 1 aromatic carbocycles. The van der Waals surface area contributed by atoms with Crippen molar-refractivity contribution >= 4 is 11.5 Å². The lowest BCUT2D eigenvalue weighted by atomic mass is 9.85. The van der Waals surface area contributed by atoms with Crippen LogP contribution in [0.4, 0.5) is 0 Å². The zero-order chi connectivity index (χ0) is 29.8. The molecule has 4 heterocycles. The second-order valence-corrected chi connectivity index (χ2v) is 11.0. The lowest BCUT2D eigenvalue weighted by molar-refractivity contribution is 0.0594. The number of pyridine rings is 2. The van der Waals surface area contributed by atoms with Crippen LogP contribution in [-0.4, -0.2) is 54.2 Å². The molecule has 2 aromatic heterocycles. The monoisotopic (exact) mass is 574 g/mol. The average Bonchev–Trinajstić information content (AvgIpc) is 3.17. The maximum absolute atomic E-state index is 14.1. The Morgan fingerprint density at radius 1 is 1.21 bits per heavy atom. The molecule has 42 heavy (non-hydrogen) atoms. The third-order valence-corrected chi connectivity index (χ3v) is 7.84. The summed E-state index contributed by atoms with van der Waals surface area (Å²) in [4.78, 5) is 32.1. The second kappa shape index (κ2) is 12.8. The highest BCUT2D eigenvalue weighted by atomic mass is 16.5. The number of carbonyl (C=O) groups is 1. The average molecular weight is 575 g/mol. The van der Waals surface area contributed by atoms with E-state index in [2.05, 4.69) is 6.92 Å². The molecule has 0 fully saturated rings. The Morgan fingerprint density at radius 2 is 2.00 bits per heavy atom. The fraction of sp³-hybridized carbons (Fsp3) is 0.424. The summed E-state index contributed by atoms with van der Waals surface area (Å²) in [5, 5.41) is 11.6. The maximum atomic E-state index is 14.1. The Morgan fingerprint density at radius 3 is 2.67 bits per heavy atom. The van der Waals surface area contributed by atoms with Crippen LogP contribution in [0, 0.1) is 5.92 Å². The molecule has 1 unspecified atom stereocenters. The van der Waals surface area contributed by atoms with Crippen LogP contribution in [0.5, 0.6) is 17.2 Å². The minimum atomic E-state index is -0.893. The summed E-state index contributed by atoms with van der Waals surface area (Å²) >= 11 is 0. The fourth-order valence-corrected chi connectivity index (χ4v) is 5.49. The van der Waals surface area contributed by atoms with Crippen LogP contribution in [0.3, 0.4) is 0 Å². The Labute approximate surface area is 245 Å². The van der Waals surface area contributed by atoms with E-state index in [4.69, 9.17) is 23.9 Å². The zero-order valence-corrected chi connectivity index (χ0v) is 24.6. The normalized spacial score (nSPS) is 16.1. The summed E-state index contributed by atoms with van der Waals surface area (Å²) in [7, 11) is 1.20. The van der Waals surface area contributed by atoms with Crippen LogP contribution < -0.4 is 15.0 Å². The lowest BCUT2D eigenvalue weighted by Gasteiger charge is -2.25. The summed E-state index contributed by atoms with van der Waals surface area (Å²) in [6.45, 7) is 8.05. The number of benzene rings is 1. The standard InChI is InChI=1S/C33H38N2O7/c1-5-6-14-41-24-17-25-29(34-28(24)22-12-15-40-16-13-22)30-26(23(19-42-25)20(2)3)31(36)27(33(38)39-4)32(37)35(30)18-21-10-8-7-9-11-21/h7-12,17,20,23,36H,5-6,13-16,18-19H2,1-4H3. The van der Waals surface area contributed by atoms with Crippen molar-refractivity contribution in [3.05, 3.63) is 75.2 Å². The predicted octanol–water partition coefficient (Wildman–Crippen LogP) is 5.57. The highest BCUT2D eigenvalue weighted by Gasteiger charge is 2.37. The number of rotatable bonds is 9. The van der Waals surface area contributed by atoms with Crippen molar-refractivity contribution in [3.8, 4) is 28.6 Å². The topological polar surface area (TPSA) is 109 Å². The Bertz CT molecular complexity index is 1540. The van der Waals surface area contributed by atoms with Crippen molar-refractivity contribution < 1.29 is 28.8 Å². The molecule has 5 rings (SSSR count). The number of unbranched alkanes of at least 4 members (excludes halogenated alkanes) is 1. The molecule has 0 bridgehead atoms. The van der Waals surface area contributed by atoms with Crippen molar-refractivity contribution in [3.63, 3.8) is 0 Å². The number of hydrogen-bond donors (Lipinski definition) is 1. The van der Waals surface area contributed by atoms with Crippen molar-refractivity contribution in [1.82, 2.24) is 9.55 Å². The summed E-state index contributed by atoms with van der Waals surface area (Å²) in [6.07, 6.45) is 4.52. The minimum absolute atomic E-state index is 0.00455. The molecule has 0 saturated carbocycles. The fourth-order valence-electron chi connectivity index (χ4n) is 5.49. The first-order valence-electron chi connectivity index (χ1n) is 14.6. The first kappa shape index (κ1) is 29.4. The van der Waals surface area contributed by atoms with Gasteiger partial charge in [-0.05, 0) is 29.9 Å². The Hall–Kier alpha value is -4.11. The lowest BCUT2D eigenvalue weighted by Crippen LogP contribution is -2.31. The van der Waals surface area contributed by atoms with Crippen molar-refractivity contribution in [2.75, 3.05) is 33.5 Å². The summed E-state index contributed by atoms with van der Waals surface area (Å²) in [5.74, 6) is -0.583. The van der Waals surface area contributed by atoms with Gasteiger partial charge in [0.1, 0.15) is 22.9 Å². The highest BCUT2D eigenvalue weighted by molar-refractivity contribution is 5.94. The van der Waals surface area contributed by atoms with Gasteiger partial charge in [-0.2, -0.15) is 0 Å². The van der Waals surface area contributed by atoms with Crippen LogP contribution in [0.1, 0.15) is 73.1 Å². The molecule has 9 heteroatoms. The van der Waals surface area contributed by atoms with Gasteiger partial charge in [-0.3, -0.25) is 4.79 Å². The number of methoxy groups -OCH3 is 1. The van der Waals surface area contributed by atoms with E-state index < -0.39 is 22.8 Å². The van der Waals surface area contributed by atoms with Crippen LogP contribution in [0.2, 0.25) is 0 Å². The van der Waals surface area contributed by atoms with Crippen molar-refractivity contribution in [2.45, 2.75) is 52.5 Å². The van der Waals surface area contributed by atoms with Crippen molar-refractivity contribution in [2.24, 2.45) is 5.92 Å². The van der Waals surface area contributed by atoms with Crippen LogP contribution >= 0.6 is 0 Å². The summed E-state index contributed by atoms with van der Waals surface area (Å²) in [6, 6.07) is 11.3. The van der Waals surface area contributed by atoms with Gasteiger partial charge >= 0.3 is 5.97 Å². The zero-order valence-electron chi connectivity index (χ0n) is 24.6. The summed E-state index contributed by atoms with van der Waals surface area (Å²) < 4.78 is 24.7. The number of hydrogen-bond acceptors (Lipinski definition) is 8. The Balaban J connectivity index is 1.85. The number of aromatic hydroxyl groups is 1. The highest BCUT2D eigenvalue weighted by Crippen LogP contribution is 2.47. The van der Waals surface area contributed by atoms with E-state index >= 15 is 0 Å². The van der Waals surface area contributed by atoms with Gasteiger partial charge < -0.3 is 28.6 Å². The van der Waals surface area contributed by atoms with Crippen LogP contribution in [0.15, 0.2) is 47.3 Å². The third kappa shape index (κ3) is 5.66. The first-order chi connectivity index (χ1) is 20.3. The van der Waals surface area contributed by atoms with Gasteiger partial charge in [0.15, 0.2) is 11.3 Å². The number of esters is 1. The van der Waals surface area contributed by atoms with Gasteiger partial charge in [0.2, 0.25) is 0 Å². The van der Waals surface area contributed by atoms with Crippen molar-refractivity contribution in [1.29, 1.82) is 0 Å². The molecular formula is C33H38N2O7. The van der Waals surface area contributed by atoms with Gasteiger partial charge in [0.05, 0.1) is 45.8 Å². The SMILES string of the molecule is CCCCOc1cc2c(nc1C1=CCOCC1)-c1c(c(O)c(C(=O)OC)c(=O)n1Cc1ccccc1)C(C(C)C)CO2. The smallest absolute Gasteiger partial charge is 0.347 e. The molecule has 0 radical (unpaired) electrons. The molecule has 222 valence electrons. The van der Waals surface area contributed by atoms with E-state index in [0.29, 0.717) is 60.4 Å². The number of ether oxygens (including phenoxy) is 4. The first-order valence-corrected chi connectivity index (χ1v) is 14.6. The quantitative estimate of drug-likeness (QED) is 0.261. The molecule has 9 nitrogen and oxygen atoms in total. The molecular weight excluding hydrogens is 536 g/mol. The molecule has 2 aliphatic rings. The third-order valence-electron chi connectivity index (χ3n) is 7.84. The van der Waals surface area contributed by atoms with E-state index in [1.165, 1.54) is 11.7 Å². The number of aromatic nitrogens is 2. The number of fused-ring (bicyclic) bond motifs is 3. The maximum Gasteiger partial charge on any atom is 0.347 e. The molecule has 2 aliphatic heterocycles. The van der Waals surface area contributed by atoms with E-state index in [0.717, 1.165) is 24.0 Å². The number of carbonyl (C=O) groups excluding carboxylic acids is 1. The molecule has 0 amide bonds. The molecule has 1 atom stereocenters. The predicted molar refractivity (Wildman–Crippen MR) is 159 cm³/mol. The summed E-state index contributed by atoms with van der Waals surface area (Å²) in [5.41, 5.74) is 2.71. The molecule has 0 aliphatic carbocycles. The van der Waals surface area contributed by atoms with E-state index in [9.17, 15) is 14.7 Å².